The van der Waals surface area contributed by atoms with Gasteiger partial charge in [-0.15, -0.1) is 0 Å². The molecule has 20 heavy (non-hydrogen) atoms. The molecule has 0 fully saturated rings. The Bertz CT molecular complexity index is 584. The molecule has 0 saturated heterocycles. The molecule has 0 unspecified atom stereocenters. The zero-order valence-corrected chi connectivity index (χ0v) is 12.5. The molecule has 0 aliphatic heterocycles. The van der Waals surface area contributed by atoms with Crippen molar-refractivity contribution in [1.82, 2.24) is 0 Å². The molecule has 0 aliphatic carbocycles. The Morgan fingerprint density at radius 2 is 1.80 bits per heavy atom. The SMILES string of the molecule is CCc1cccc(N(C)N)c1OCc1ccccc1Cl. The fraction of sp³-hybridized carbons (Fsp3) is 0.250. The number of anilines is 1. The van der Waals surface area contributed by atoms with Crippen molar-refractivity contribution in [3.05, 3.63) is 58.6 Å². The van der Waals surface area contributed by atoms with Crippen molar-refractivity contribution in [2.24, 2.45) is 5.84 Å². The van der Waals surface area contributed by atoms with Gasteiger partial charge in [0.2, 0.25) is 0 Å². The maximum Gasteiger partial charge on any atom is 0.147 e. The molecule has 0 aliphatic rings. The summed E-state index contributed by atoms with van der Waals surface area (Å²) in [4.78, 5) is 0. The molecule has 4 heteroatoms. The van der Waals surface area contributed by atoms with Crippen LogP contribution in [0.15, 0.2) is 42.5 Å². The summed E-state index contributed by atoms with van der Waals surface area (Å²) >= 11 is 6.15. The number of para-hydroxylation sites is 1. The van der Waals surface area contributed by atoms with Crippen molar-refractivity contribution in [2.45, 2.75) is 20.0 Å². The Hall–Kier alpha value is -1.71. The highest BCUT2D eigenvalue weighted by Gasteiger charge is 2.11. The van der Waals surface area contributed by atoms with Gasteiger partial charge < -0.3 is 9.75 Å². The zero-order chi connectivity index (χ0) is 14.5. The van der Waals surface area contributed by atoms with Gasteiger partial charge in [-0.2, -0.15) is 0 Å². The van der Waals surface area contributed by atoms with Gasteiger partial charge in [0.05, 0.1) is 5.69 Å². The maximum atomic E-state index is 6.15. The smallest absolute Gasteiger partial charge is 0.147 e. The minimum absolute atomic E-state index is 0.428. The summed E-state index contributed by atoms with van der Waals surface area (Å²) in [5.41, 5.74) is 2.97. The van der Waals surface area contributed by atoms with Crippen LogP contribution in [0.3, 0.4) is 0 Å². The molecule has 0 atom stereocenters. The van der Waals surface area contributed by atoms with Gasteiger partial charge in [-0.1, -0.05) is 48.9 Å². The summed E-state index contributed by atoms with van der Waals surface area (Å²) in [5.74, 6) is 6.68. The normalized spacial score (nSPS) is 10.4. The summed E-state index contributed by atoms with van der Waals surface area (Å²) < 4.78 is 5.98. The number of aryl methyl sites for hydroxylation is 1. The number of ether oxygens (including phenoxy) is 1. The molecule has 0 bridgehead atoms. The van der Waals surface area contributed by atoms with Crippen LogP contribution in [0.4, 0.5) is 5.69 Å². The largest absolute Gasteiger partial charge is 0.486 e. The van der Waals surface area contributed by atoms with Crippen molar-refractivity contribution < 1.29 is 4.74 Å². The van der Waals surface area contributed by atoms with E-state index >= 15 is 0 Å². The van der Waals surface area contributed by atoms with Crippen LogP contribution in [0.25, 0.3) is 0 Å². The lowest BCUT2D eigenvalue weighted by atomic mass is 10.1. The van der Waals surface area contributed by atoms with Gasteiger partial charge in [-0.05, 0) is 24.1 Å². The summed E-state index contributed by atoms with van der Waals surface area (Å²) in [5, 5.41) is 2.28. The van der Waals surface area contributed by atoms with Crippen molar-refractivity contribution in [3.63, 3.8) is 0 Å². The highest BCUT2D eigenvalue weighted by atomic mass is 35.5. The predicted octanol–water partition coefficient (Wildman–Crippen LogP) is 3.79. The van der Waals surface area contributed by atoms with Gasteiger partial charge in [0.1, 0.15) is 12.4 Å². The van der Waals surface area contributed by atoms with Crippen molar-refractivity contribution >= 4 is 17.3 Å². The molecule has 0 amide bonds. The first-order valence-electron chi connectivity index (χ1n) is 6.60. The number of rotatable bonds is 5. The monoisotopic (exact) mass is 290 g/mol. The van der Waals surface area contributed by atoms with Crippen LogP contribution >= 0.6 is 11.6 Å². The van der Waals surface area contributed by atoms with Crippen LogP contribution in [-0.4, -0.2) is 7.05 Å². The molecule has 0 aromatic heterocycles. The van der Waals surface area contributed by atoms with E-state index in [1.807, 2.05) is 36.4 Å². The number of hydrogen-bond donors (Lipinski definition) is 1. The van der Waals surface area contributed by atoms with E-state index in [2.05, 4.69) is 13.0 Å². The van der Waals surface area contributed by atoms with Crippen molar-refractivity contribution in [2.75, 3.05) is 12.1 Å². The summed E-state index contributed by atoms with van der Waals surface area (Å²) in [7, 11) is 1.80. The second-order valence-corrected chi connectivity index (χ2v) is 5.02. The third kappa shape index (κ3) is 3.24. The summed E-state index contributed by atoms with van der Waals surface area (Å²) in [6.45, 7) is 2.52. The number of hydrazine groups is 1. The van der Waals surface area contributed by atoms with E-state index in [9.17, 15) is 0 Å². The molecule has 0 radical (unpaired) electrons. The maximum absolute atomic E-state index is 6.15. The van der Waals surface area contributed by atoms with E-state index in [0.29, 0.717) is 11.6 Å². The Labute approximate surface area is 124 Å². The first-order chi connectivity index (χ1) is 9.63. The molecule has 0 spiro atoms. The predicted molar refractivity (Wildman–Crippen MR) is 84.2 cm³/mol. The van der Waals surface area contributed by atoms with Crippen molar-refractivity contribution in [3.8, 4) is 5.75 Å². The fourth-order valence-electron chi connectivity index (χ4n) is 2.06. The van der Waals surface area contributed by atoms with E-state index in [1.165, 1.54) is 0 Å². The Kier molecular flexibility index (Phi) is 4.88. The first-order valence-corrected chi connectivity index (χ1v) is 6.97. The third-order valence-corrected chi connectivity index (χ3v) is 3.54. The third-order valence-electron chi connectivity index (χ3n) is 3.17. The second-order valence-electron chi connectivity index (χ2n) is 4.61. The van der Waals surface area contributed by atoms with Gasteiger partial charge in [0.15, 0.2) is 0 Å². The zero-order valence-electron chi connectivity index (χ0n) is 11.8. The van der Waals surface area contributed by atoms with E-state index in [-0.39, 0.29) is 0 Å². The molecular formula is C16H19ClN2O. The number of halogens is 1. The molecule has 2 aromatic carbocycles. The summed E-state index contributed by atoms with van der Waals surface area (Å²) in [6.07, 6.45) is 0.888. The highest BCUT2D eigenvalue weighted by molar-refractivity contribution is 6.31. The van der Waals surface area contributed by atoms with Gasteiger partial charge in [0, 0.05) is 17.6 Å². The van der Waals surface area contributed by atoms with E-state index < -0.39 is 0 Å². The molecular weight excluding hydrogens is 272 g/mol. The molecule has 0 heterocycles. The fourth-order valence-corrected chi connectivity index (χ4v) is 2.25. The molecule has 2 N–H and O–H groups in total. The molecule has 2 aromatic rings. The van der Waals surface area contributed by atoms with Crippen LogP contribution in [0.2, 0.25) is 5.02 Å². The van der Waals surface area contributed by atoms with Crippen LogP contribution < -0.4 is 15.6 Å². The Balaban J connectivity index is 2.26. The first kappa shape index (κ1) is 14.7. The quantitative estimate of drug-likeness (QED) is 0.672. The van der Waals surface area contributed by atoms with Gasteiger partial charge in [-0.25, -0.2) is 5.84 Å². The average Bonchev–Trinajstić information content (AvgIpc) is 2.46. The van der Waals surface area contributed by atoms with Crippen LogP contribution in [0.1, 0.15) is 18.1 Å². The van der Waals surface area contributed by atoms with Gasteiger partial charge >= 0.3 is 0 Å². The number of benzene rings is 2. The average molecular weight is 291 g/mol. The minimum atomic E-state index is 0.428. The van der Waals surface area contributed by atoms with Crippen LogP contribution in [0, 0.1) is 0 Å². The van der Waals surface area contributed by atoms with Crippen molar-refractivity contribution in [1.29, 1.82) is 0 Å². The minimum Gasteiger partial charge on any atom is -0.486 e. The molecule has 2 rings (SSSR count). The molecule has 106 valence electrons. The van der Waals surface area contributed by atoms with E-state index in [1.54, 1.807) is 12.1 Å². The number of nitrogens with zero attached hydrogens (tertiary/aromatic N) is 1. The molecule has 0 saturated carbocycles. The van der Waals surface area contributed by atoms with E-state index in [4.69, 9.17) is 22.2 Å². The lowest BCUT2D eigenvalue weighted by Crippen LogP contribution is -2.26. The highest BCUT2D eigenvalue weighted by Crippen LogP contribution is 2.32. The van der Waals surface area contributed by atoms with Crippen LogP contribution in [0.5, 0.6) is 5.75 Å². The second kappa shape index (κ2) is 6.64. The number of hydrogen-bond acceptors (Lipinski definition) is 3. The Morgan fingerprint density at radius 3 is 2.45 bits per heavy atom. The topological polar surface area (TPSA) is 38.5 Å². The van der Waals surface area contributed by atoms with Gasteiger partial charge in [0.25, 0.3) is 0 Å². The lowest BCUT2D eigenvalue weighted by Gasteiger charge is -2.20. The lowest BCUT2D eigenvalue weighted by molar-refractivity contribution is 0.304. The van der Waals surface area contributed by atoms with E-state index in [0.717, 1.165) is 29.0 Å². The number of nitrogens with two attached hydrogens (primary N) is 1. The summed E-state index contributed by atoms with van der Waals surface area (Å²) in [6, 6.07) is 13.7. The standard InChI is InChI=1S/C16H19ClN2O/c1-3-12-8-6-10-15(19(2)18)16(12)20-11-13-7-4-5-9-14(13)17/h4-10H,3,11,18H2,1-2H3. The Morgan fingerprint density at radius 1 is 1.10 bits per heavy atom. The van der Waals surface area contributed by atoms with Gasteiger partial charge in [-0.3, -0.25) is 0 Å². The van der Waals surface area contributed by atoms with Crippen LogP contribution in [-0.2, 0) is 13.0 Å². The molecule has 3 nitrogen and oxygen atoms in total.